The van der Waals surface area contributed by atoms with Crippen molar-refractivity contribution in [2.24, 2.45) is 0 Å². The standard InChI is InChI=1S/C19H31N3O/c1-17-8-9-18(20-15-21-10-4-2-5-11-21)19(14-17)23-16-22-12-6-3-7-13-22/h8-9,14,20H,2-7,10-13,15-16H2,1H3/i1D. The van der Waals surface area contributed by atoms with Gasteiger partial charge >= 0.3 is 0 Å². The van der Waals surface area contributed by atoms with Crippen molar-refractivity contribution in [1.29, 1.82) is 0 Å². The molecule has 0 bridgehead atoms. The predicted molar refractivity (Wildman–Crippen MR) is 96.0 cm³/mol. The molecule has 0 saturated carbocycles. The first-order chi connectivity index (χ1) is 11.8. The number of rotatable bonds is 6. The van der Waals surface area contributed by atoms with Crippen LogP contribution in [-0.2, 0) is 0 Å². The fourth-order valence-corrected chi connectivity index (χ4v) is 3.40. The van der Waals surface area contributed by atoms with E-state index >= 15 is 0 Å². The van der Waals surface area contributed by atoms with Crippen LogP contribution >= 0.6 is 0 Å². The monoisotopic (exact) mass is 318 g/mol. The molecular formula is C19H31N3O. The highest BCUT2D eigenvalue weighted by Crippen LogP contribution is 2.26. The Bertz CT molecular complexity index is 499. The minimum absolute atomic E-state index is 0.298. The van der Waals surface area contributed by atoms with Gasteiger partial charge in [0.25, 0.3) is 0 Å². The molecule has 3 rings (SSSR count). The molecule has 0 unspecified atom stereocenters. The third-order valence-corrected chi connectivity index (χ3v) is 4.84. The smallest absolute Gasteiger partial charge is 0.144 e. The molecule has 23 heavy (non-hydrogen) atoms. The maximum absolute atomic E-state index is 7.61. The van der Waals surface area contributed by atoms with Crippen LogP contribution in [0.5, 0.6) is 5.75 Å². The highest BCUT2D eigenvalue weighted by molar-refractivity contribution is 5.57. The van der Waals surface area contributed by atoms with Crippen LogP contribution in [0.2, 0.25) is 0 Å². The van der Waals surface area contributed by atoms with E-state index in [0.29, 0.717) is 13.6 Å². The Hall–Kier alpha value is -1.26. The van der Waals surface area contributed by atoms with Gasteiger partial charge in [-0.2, -0.15) is 0 Å². The number of piperidine rings is 2. The third-order valence-electron chi connectivity index (χ3n) is 4.84. The lowest BCUT2D eigenvalue weighted by molar-refractivity contribution is 0.107. The largest absolute Gasteiger partial charge is 0.476 e. The first-order valence-corrected chi connectivity index (χ1v) is 9.09. The Balaban J connectivity index is 1.58. The quantitative estimate of drug-likeness (QED) is 0.866. The van der Waals surface area contributed by atoms with Gasteiger partial charge in [0.15, 0.2) is 0 Å². The van der Waals surface area contributed by atoms with Gasteiger partial charge in [-0.05, 0) is 63.4 Å². The fraction of sp³-hybridized carbons (Fsp3) is 0.684. The zero-order valence-electron chi connectivity index (χ0n) is 15.2. The minimum Gasteiger partial charge on any atom is -0.476 e. The molecule has 2 aliphatic heterocycles. The molecule has 0 aromatic heterocycles. The van der Waals surface area contributed by atoms with Gasteiger partial charge in [-0.15, -0.1) is 0 Å². The van der Waals surface area contributed by atoms with Crippen molar-refractivity contribution in [1.82, 2.24) is 9.80 Å². The second kappa shape index (κ2) is 8.55. The van der Waals surface area contributed by atoms with Crippen molar-refractivity contribution in [3.05, 3.63) is 23.8 Å². The van der Waals surface area contributed by atoms with Crippen LogP contribution in [0.3, 0.4) is 0 Å². The number of nitrogens with one attached hydrogen (secondary N) is 1. The Morgan fingerprint density at radius 2 is 1.70 bits per heavy atom. The molecule has 2 fully saturated rings. The van der Waals surface area contributed by atoms with Crippen molar-refractivity contribution in [2.45, 2.75) is 45.4 Å². The van der Waals surface area contributed by atoms with E-state index in [0.717, 1.165) is 36.8 Å². The molecule has 0 radical (unpaired) electrons. The lowest BCUT2D eigenvalue weighted by Gasteiger charge is -2.28. The lowest BCUT2D eigenvalue weighted by Crippen LogP contribution is -2.34. The number of anilines is 1. The van der Waals surface area contributed by atoms with Gasteiger partial charge in [-0.3, -0.25) is 9.80 Å². The van der Waals surface area contributed by atoms with Crippen LogP contribution in [0.4, 0.5) is 5.69 Å². The molecule has 2 saturated heterocycles. The lowest BCUT2D eigenvalue weighted by atomic mass is 10.1. The Morgan fingerprint density at radius 3 is 2.39 bits per heavy atom. The number of nitrogens with zero attached hydrogens (tertiary/aromatic N) is 2. The normalized spacial score (nSPS) is 21.0. The second-order valence-corrected chi connectivity index (χ2v) is 6.80. The van der Waals surface area contributed by atoms with Crippen LogP contribution in [-0.4, -0.2) is 49.4 Å². The molecule has 4 heteroatoms. The van der Waals surface area contributed by atoms with Crippen LogP contribution in [0, 0.1) is 6.90 Å². The van der Waals surface area contributed by atoms with E-state index in [-0.39, 0.29) is 0 Å². The first-order valence-electron chi connectivity index (χ1n) is 9.79. The average molecular weight is 318 g/mol. The highest BCUT2D eigenvalue weighted by Gasteiger charge is 2.13. The van der Waals surface area contributed by atoms with E-state index in [1.54, 1.807) is 0 Å². The van der Waals surface area contributed by atoms with E-state index in [2.05, 4.69) is 21.2 Å². The summed E-state index contributed by atoms with van der Waals surface area (Å²) in [6.07, 6.45) is 7.86. The number of aryl methyl sites for hydroxylation is 1. The van der Waals surface area contributed by atoms with Gasteiger partial charge in [0.1, 0.15) is 12.5 Å². The van der Waals surface area contributed by atoms with Crippen molar-refractivity contribution in [3.63, 3.8) is 0 Å². The fourth-order valence-electron chi connectivity index (χ4n) is 3.40. The van der Waals surface area contributed by atoms with Crippen LogP contribution < -0.4 is 10.1 Å². The van der Waals surface area contributed by atoms with E-state index in [9.17, 15) is 0 Å². The summed E-state index contributed by atoms with van der Waals surface area (Å²) in [5, 5.41) is 3.54. The van der Waals surface area contributed by atoms with Gasteiger partial charge in [0.2, 0.25) is 0 Å². The molecule has 0 spiro atoms. The molecular weight excluding hydrogens is 286 g/mol. The van der Waals surface area contributed by atoms with Gasteiger partial charge in [0, 0.05) is 14.5 Å². The molecule has 128 valence electrons. The van der Waals surface area contributed by atoms with Crippen molar-refractivity contribution in [2.75, 3.05) is 44.9 Å². The molecule has 0 atom stereocenters. The highest BCUT2D eigenvalue weighted by atomic mass is 16.5. The Labute approximate surface area is 142 Å². The summed E-state index contributed by atoms with van der Waals surface area (Å²) < 4.78 is 13.7. The van der Waals surface area contributed by atoms with Crippen molar-refractivity contribution < 1.29 is 6.11 Å². The van der Waals surface area contributed by atoms with Crippen LogP contribution in [0.25, 0.3) is 0 Å². The van der Waals surface area contributed by atoms with Gasteiger partial charge in [0.05, 0.1) is 12.4 Å². The van der Waals surface area contributed by atoms with E-state index in [1.807, 2.05) is 12.1 Å². The SMILES string of the molecule is [2H]Cc1ccc(NCN2CCCCC2)c(OCN2CCCCC2)c1. The molecule has 2 aliphatic rings. The Morgan fingerprint density at radius 1 is 1.00 bits per heavy atom. The molecule has 0 aliphatic carbocycles. The van der Waals surface area contributed by atoms with Crippen molar-refractivity contribution >= 4 is 5.69 Å². The molecule has 0 amide bonds. The topological polar surface area (TPSA) is 27.7 Å². The Kier molecular flexibility index (Phi) is 5.68. The van der Waals surface area contributed by atoms with E-state index in [4.69, 9.17) is 6.11 Å². The maximum Gasteiger partial charge on any atom is 0.144 e. The van der Waals surface area contributed by atoms with Crippen molar-refractivity contribution in [3.8, 4) is 5.75 Å². The maximum atomic E-state index is 7.61. The number of ether oxygens (including phenoxy) is 1. The number of likely N-dealkylation sites (tertiary alicyclic amines) is 2. The summed E-state index contributed by atoms with van der Waals surface area (Å²) in [6.45, 7) is 6.46. The molecule has 1 N–H and O–H groups in total. The summed E-state index contributed by atoms with van der Waals surface area (Å²) in [4.78, 5) is 4.85. The van der Waals surface area contributed by atoms with E-state index in [1.165, 1.54) is 51.6 Å². The summed E-state index contributed by atoms with van der Waals surface area (Å²) in [5.41, 5.74) is 2.06. The number of benzene rings is 1. The minimum atomic E-state index is 0.298. The molecule has 1 aromatic rings. The average Bonchev–Trinajstić information content (AvgIpc) is 2.66. The van der Waals surface area contributed by atoms with Gasteiger partial charge < -0.3 is 10.1 Å². The molecule has 2 heterocycles. The van der Waals surface area contributed by atoms with E-state index < -0.39 is 0 Å². The molecule has 1 aromatic carbocycles. The van der Waals surface area contributed by atoms with Crippen LogP contribution in [0.1, 0.15) is 45.5 Å². The summed E-state index contributed by atoms with van der Waals surface area (Å²) in [5.74, 6) is 0.891. The zero-order valence-corrected chi connectivity index (χ0v) is 14.2. The summed E-state index contributed by atoms with van der Waals surface area (Å²) in [7, 11) is 0. The number of hydrogen-bond acceptors (Lipinski definition) is 4. The summed E-state index contributed by atoms with van der Waals surface area (Å²) >= 11 is 0. The molecule has 4 nitrogen and oxygen atoms in total. The second-order valence-electron chi connectivity index (χ2n) is 6.80. The summed E-state index contributed by atoms with van der Waals surface area (Å²) in [6, 6.07) is 6.12. The van der Waals surface area contributed by atoms with Gasteiger partial charge in [-0.25, -0.2) is 0 Å². The predicted octanol–water partition coefficient (Wildman–Crippen LogP) is 3.67. The zero-order chi connectivity index (χ0) is 16.6. The third kappa shape index (κ3) is 5.11. The first kappa shape index (κ1) is 15.3. The van der Waals surface area contributed by atoms with Gasteiger partial charge in [-0.1, -0.05) is 18.9 Å². The van der Waals surface area contributed by atoms with Crippen LogP contribution in [0.15, 0.2) is 18.2 Å². The number of hydrogen-bond donors (Lipinski definition) is 1.